The zero-order chi connectivity index (χ0) is 21.3. The summed E-state index contributed by atoms with van der Waals surface area (Å²) in [6, 6.07) is 0. The molecular formula is C25H48N4. The predicted molar refractivity (Wildman–Crippen MR) is 129 cm³/mol. The first-order valence-corrected chi connectivity index (χ1v) is 12.5. The van der Waals surface area contributed by atoms with Gasteiger partial charge in [0.05, 0.1) is 0 Å². The van der Waals surface area contributed by atoms with Crippen molar-refractivity contribution in [2.24, 2.45) is 0 Å². The van der Waals surface area contributed by atoms with Crippen LogP contribution in [0.25, 0.3) is 0 Å². The van der Waals surface area contributed by atoms with Gasteiger partial charge in [-0.25, -0.2) is 4.98 Å². The summed E-state index contributed by atoms with van der Waals surface area (Å²) in [7, 11) is 0. The molecule has 0 aliphatic heterocycles. The molecule has 2 N–H and O–H groups in total. The number of hydrogen-bond acceptors (Lipinski definition) is 4. The molecule has 0 fully saturated rings. The number of anilines is 2. The van der Waals surface area contributed by atoms with Gasteiger partial charge in [0.15, 0.2) is 0 Å². The molecule has 1 aromatic rings. The maximum Gasteiger partial charge on any atom is 0.227 e. The number of nitrogens with zero attached hydrogens (tertiary/aromatic N) is 3. The van der Waals surface area contributed by atoms with Gasteiger partial charge in [0.1, 0.15) is 5.82 Å². The lowest BCUT2D eigenvalue weighted by Crippen LogP contribution is -2.25. The number of aryl methyl sites for hydroxylation is 1. The minimum absolute atomic E-state index is 0.675. The molecule has 0 spiro atoms. The highest BCUT2D eigenvalue weighted by Crippen LogP contribution is 2.21. The molecular weight excluding hydrogens is 356 g/mol. The third-order valence-electron chi connectivity index (χ3n) is 6.06. The second-order valence-electron chi connectivity index (χ2n) is 8.49. The summed E-state index contributed by atoms with van der Waals surface area (Å²) in [5.74, 6) is 1.45. The van der Waals surface area contributed by atoms with Crippen LogP contribution in [0.3, 0.4) is 0 Å². The first-order valence-electron chi connectivity index (χ1n) is 12.5. The fourth-order valence-corrected chi connectivity index (χ4v) is 4.06. The van der Waals surface area contributed by atoms with Gasteiger partial charge >= 0.3 is 0 Å². The van der Waals surface area contributed by atoms with Crippen molar-refractivity contribution in [1.82, 2.24) is 9.97 Å². The van der Waals surface area contributed by atoms with Gasteiger partial charge in [-0.05, 0) is 33.6 Å². The van der Waals surface area contributed by atoms with Crippen molar-refractivity contribution in [2.45, 2.75) is 124 Å². The molecule has 168 valence electrons. The molecule has 0 saturated carbocycles. The summed E-state index contributed by atoms with van der Waals surface area (Å²) in [4.78, 5) is 11.4. The number of hydrogen-bond donors (Lipinski definition) is 1. The first kappa shape index (κ1) is 25.7. The van der Waals surface area contributed by atoms with E-state index < -0.39 is 0 Å². The molecule has 1 rings (SSSR count). The zero-order valence-electron chi connectivity index (χ0n) is 19.9. The number of nitrogen functional groups attached to an aromatic ring is 1. The van der Waals surface area contributed by atoms with E-state index in [4.69, 9.17) is 10.7 Å². The van der Waals surface area contributed by atoms with E-state index in [0.29, 0.717) is 5.82 Å². The monoisotopic (exact) mass is 404 g/mol. The predicted octanol–water partition coefficient (Wildman–Crippen LogP) is 7.24. The van der Waals surface area contributed by atoms with Gasteiger partial charge in [0.2, 0.25) is 5.95 Å². The topological polar surface area (TPSA) is 55.0 Å². The maximum absolute atomic E-state index is 6.25. The third-order valence-corrected chi connectivity index (χ3v) is 6.06. The van der Waals surface area contributed by atoms with Gasteiger partial charge < -0.3 is 10.6 Å². The van der Waals surface area contributed by atoms with Crippen LogP contribution in [0.5, 0.6) is 0 Å². The number of unbranched alkanes of at least 4 members (excludes halogenated alkanes) is 13. The molecule has 4 heteroatoms. The molecule has 0 saturated heterocycles. The average Bonchev–Trinajstić information content (AvgIpc) is 2.71. The van der Waals surface area contributed by atoms with E-state index >= 15 is 0 Å². The van der Waals surface area contributed by atoms with Crippen LogP contribution >= 0.6 is 0 Å². The minimum atomic E-state index is 0.675. The summed E-state index contributed by atoms with van der Waals surface area (Å²) >= 11 is 0. The second kappa shape index (κ2) is 16.5. The standard InChI is InChI=1S/C25H48N4/c1-5-8-9-10-11-12-13-14-15-16-17-18-19-20-21-23-22(4)27-25(28-24(23)26)29(6-2)7-3/h5-21H2,1-4H3,(H2,26,27,28). The van der Waals surface area contributed by atoms with Crippen LogP contribution in [0.2, 0.25) is 0 Å². The van der Waals surface area contributed by atoms with E-state index in [9.17, 15) is 0 Å². The van der Waals surface area contributed by atoms with E-state index in [-0.39, 0.29) is 0 Å². The van der Waals surface area contributed by atoms with Crippen molar-refractivity contribution in [3.63, 3.8) is 0 Å². The summed E-state index contributed by atoms with van der Waals surface area (Å²) in [5.41, 5.74) is 8.45. The minimum Gasteiger partial charge on any atom is -0.383 e. The van der Waals surface area contributed by atoms with Crippen molar-refractivity contribution in [2.75, 3.05) is 23.7 Å². The molecule has 0 unspecified atom stereocenters. The Morgan fingerprint density at radius 1 is 0.655 bits per heavy atom. The lowest BCUT2D eigenvalue weighted by molar-refractivity contribution is 0.535. The SMILES string of the molecule is CCCCCCCCCCCCCCCCc1c(C)nc(N(CC)CC)nc1N. The number of rotatable bonds is 18. The van der Waals surface area contributed by atoms with Gasteiger partial charge in [0, 0.05) is 24.3 Å². The van der Waals surface area contributed by atoms with Crippen LogP contribution in [0.1, 0.15) is 122 Å². The van der Waals surface area contributed by atoms with E-state index in [1.807, 2.05) is 0 Å². The highest BCUT2D eigenvalue weighted by molar-refractivity contribution is 5.47. The van der Waals surface area contributed by atoms with Gasteiger partial charge in [-0.1, -0.05) is 90.4 Å². The molecule has 4 nitrogen and oxygen atoms in total. The Labute approximate surface area is 181 Å². The van der Waals surface area contributed by atoms with Crippen molar-refractivity contribution in [3.05, 3.63) is 11.3 Å². The summed E-state index contributed by atoms with van der Waals surface area (Å²) in [6.45, 7) is 10.4. The number of nitrogens with two attached hydrogens (primary N) is 1. The Balaban J connectivity index is 2.09. The van der Waals surface area contributed by atoms with Crippen molar-refractivity contribution < 1.29 is 0 Å². The van der Waals surface area contributed by atoms with E-state index in [1.54, 1.807) is 0 Å². The highest BCUT2D eigenvalue weighted by atomic mass is 15.3. The van der Waals surface area contributed by atoms with Gasteiger partial charge in [0.25, 0.3) is 0 Å². The average molecular weight is 405 g/mol. The zero-order valence-corrected chi connectivity index (χ0v) is 19.9. The van der Waals surface area contributed by atoms with Gasteiger partial charge in [-0.3, -0.25) is 0 Å². The van der Waals surface area contributed by atoms with Crippen LogP contribution in [0.15, 0.2) is 0 Å². The van der Waals surface area contributed by atoms with Crippen LogP contribution < -0.4 is 10.6 Å². The molecule has 0 amide bonds. The van der Waals surface area contributed by atoms with Crippen LogP contribution in [0, 0.1) is 6.92 Å². The quantitative estimate of drug-likeness (QED) is 0.262. The molecule has 1 aromatic heterocycles. The van der Waals surface area contributed by atoms with E-state index in [0.717, 1.165) is 36.7 Å². The van der Waals surface area contributed by atoms with Crippen molar-refractivity contribution >= 4 is 11.8 Å². The maximum atomic E-state index is 6.25. The Bertz CT molecular complexity index is 503. The van der Waals surface area contributed by atoms with Crippen molar-refractivity contribution in [1.29, 1.82) is 0 Å². The smallest absolute Gasteiger partial charge is 0.227 e. The van der Waals surface area contributed by atoms with E-state index in [1.165, 1.54) is 89.9 Å². The van der Waals surface area contributed by atoms with Gasteiger partial charge in [-0.15, -0.1) is 0 Å². The Morgan fingerprint density at radius 2 is 1.10 bits per heavy atom. The Hall–Kier alpha value is -1.32. The lowest BCUT2D eigenvalue weighted by Gasteiger charge is -2.20. The Kier molecular flexibility index (Phi) is 14.6. The fourth-order valence-electron chi connectivity index (χ4n) is 4.06. The van der Waals surface area contributed by atoms with Crippen molar-refractivity contribution in [3.8, 4) is 0 Å². The summed E-state index contributed by atoms with van der Waals surface area (Å²) in [5, 5.41) is 0. The fraction of sp³-hybridized carbons (Fsp3) is 0.840. The van der Waals surface area contributed by atoms with Crippen LogP contribution in [-0.2, 0) is 6.42 Å². The Morgan fingerprint density at radius 3 is 1.52 bits per heavy atom. The molecule has 0 aliphatic carbocycles. The van der Waals surface area contributed by atoms with E-state index in [2.05, 4.69) is 37.6 Å². The highest BCUT2D eigenvalue weighted by Gasteiger charge is 2.12. The molecule has 0 atom stereocenters. The molecule has 1 heterocycles. The molecule has 0 radical (unpaired) electrons. The lowest BCUT2D eigenvalue weighted by atomic mass is 10.0. The molecule has 29 heavy (non-hydrogen) atoms. The number of aromatic nitrogens is 2. The van der Waals surface area contributed by atoms with Gasteiger partial charge in [-0.2, -0.15) is 4.98 Å². The van der Waals surface area contributed by atoms with Crippen LogP contribution in [0.4, 0.5) is 11.8 Å². The molecule has 0 aromatic carbocycles. The molecule has 0 bridgehead atoms. The third kappa shape index (κ3) is 10.9. The largest absolute Gasteiger partial charge is 0.383 e. The van der Waals surface area contributed by atoms with Crippen LogP contribution in [-0.4, -0.2) is 23.1 Å². The summed E-state index contributed by atoms with van der Waals surface area (Å²) < 4.78 is 0. The molecule has 0 aliphatic rings. The normalized spacial score (nSPS) is 11.2. The first-order chi connectivity index (χ1) is 14.1. The summed E-state index contributed by atoms with van der Waals surface area (Å²) in [6.07, 6.45) is 20.4. The second-order valence-corrected chi connectivity index (χ2v) is 8.49.